The lowest BCUT2D eigenvalue weighted by atomic mass is 9.79. The van der Waals surface area contributed by atoms with Gasteiger partial charge in [0.2, 0.25) is 5.91 Å². The number of nitrogens with zero attached hydrogens (tertiary/aromatic N) is 1. The maximum Gasteiger partial charge on any atom is 0.416 e. The summed E-state index contributed by atoms with van der Waals surface area (Å²) < 4.78 is 57.6. The maximum atomic E-state index is 13.7. The zero-order valence-electron chi connectivity index (χ0n) is 18.7. The maximum absolute atomic E-state index is 13.7. The molecule has 1 heterocycles. The summed E-state index contributed by atoms with van der Waals surface area (Å²) in [5, 5.41) is 2.68. The van der Waals surface area contributed by atoms with Crippen LogP contribution in [0.3, 0.4) is 0 Å². The highest BCUT2D eigenvalue weighted by molar-refractivity contribution is 6.04. The molecule has 0 saturated heterocycles. The molecule has 0 bridgehead atoms. The van der Waals surface area contributed by atoms with Gasteiger partial charge in [0.05, 0.1) is 24.1 Å². The first-order chi connectivity index (χ1) is 16.7. The van der Waals surface area contributed by atoms with Gasteiger partial charge in [-0.2, -0.15) is 13.2 Å². The van der Waals surface area contributed by atoms with Crippen molar-refractivity contribution in [3.8, 4) is 0 Å². The molecule has 1 aliphatic rings. The zero-order chi connectivity index (χ0) is 25.2. The van der Waals surface area contributed by atoms with E-state index >= 15 is 0 Å². The fourth-order valence-electron chi connectivity index (χ4n) is 4.30. The average molecular weight is 486 g/mol. The molecule has 0 aliphatic carbocycles. The number of nitrogens with one attached hydrogen (secondary N) is 1. The summed E-state index contributed by atoms with van der Waals surface area (Å²) in [6.45, 7) is 0.384. The minimum atomic E-state index is -4.50. The van der Waals surface area contributed by atoms with Crippen LogP contribution in [-0.2, 0) is 15.7 Å². The number of alkyl halides is 3. The van der Waals surface area contributed by atoms with Crippen LogP contribution in [0.5, 0.6) is 0 Å². The van der Waals surface area contributed by atoms with Gasteiger partial charge in [-0.1, -0.05) is 30.3 Å². The molecule has 2 atom stereocenters. The second-order valence-corrected chi connectivity index (χ2v) is 8.12. The van der Waals surface area contributed by atoms with Crippen molar-refractivity contribution in [3.63, 3.8) is 0 Å². The van der Waals surface area contributed by atoms with Crippen molar-refractivity contribution in [2.45, 2.75) is 18.1 Å². The molecule has 0 unspecified atom stereocenters. The van der Waals surface area contributed by atoms with Gasteiger partial charge in [0, 0.05) is 24.9 Å². The molecule has 0 fully saturated rings. The topological polar surface area (TPSA) is 58.6 Å². The fraction of sp³-hybridized carbons (Fsp3) is 0.231. The highest BCUT2D eigenvalue weighted by atomic mass is 19.4. The third kappa shape index (κ3) is 5.05. The first kappa shape index (κ1) is 24.4. The molecule has 5 nitrogen and oxygen atoms in total. The number of carbonyl (C=O) groups excluding carboxylic acids is 2. The highest BCUT2D eigenvalue weighted by Gasteiger charge is 2.44. The van der Waals surface area contributed by atoms with Gasteiger partial charge in [-0.3, -0.25) is 9.59 Å². The molecule has 4 rings (SSSR count). The zero-order valence-corrected chi connectivity index (χ0v) is 18.7. The van der Waals surface area contributed by atoms with Crippen LogP contribution in [0.4, 0.5) is 23.2 Å². The van der Waals surface area contributed by atoms with Crippen molar-refractivity contribution < 1.29 is 31.9 Å². The lowest BCUT2D eigenvalue weighted by Crippen LogP contribution is -2.47. The lowest BCUT2D eigenvalue weighted by molar-refractivity contribution is -0.137. The van der Waals surface area contributed by atoms with E-state index in [4.69, 9.17) is 4.74 Å². The molecule has 0 saturated carbocycles. The van der Waals surface area contributed by atoms with Crippen molar-refractivity contribution in [1.29, 1.82) is 0 Å². The number of methoxy groups -OCH3 is 1. The lowest BCUT2D eigenvalue weighted by Gasteiger charge is -2.41. The third-order valence-corrected chi connectivity index (χ3v) is 5.95. The number of fused-ring (bicyclic) bond motifs is 1. The van der Waals surface area contributed by atoms with E-state index in [1.807, 2.05) is 0 Å². The first-order valence-electron chi connectivity index (χ1n) is 10.8. The summed E-state index contributed by atoms with van der Waals surface area (Å²) >= 11 is 0. The second-order valence-electron chi connectivity index (χ2n) is 8.12. The standard InChI is InChI=1S/C26H22F4N2O3/c1-35-15-14-32-23(16-6-10-18(27)11-7-16)22(20-4-2-3-5-21(20)25(32)34)24(33)31-19-12-8-17(9-13-19)26(28,29)30/h2-13,22-23H,14-15H2,1H3,(H,31,33)/t22-,23+/m1/s1. The van der Waals surface area contributed by atoms with Crippen LogP contribution in [0, 0.1) is 5.82 Å². The minimum absolute atomic E-state index is 0.176. The van der Waals surface area contributed by atoms with Crippen molar-refractivity contribution in [2.75, 3.05) is 25.6 Å². The van der Waals surface area contributed by atoms with E-state index < -0.39 is 35.4 Å². The third-order valence-electron chi connectivity index (χ3n) is 5.95. The minimum Gasteiger partial charge on any atom is -0.383 e. The summed E-state index contributed by atoms with van der Waals surface area (Å²) in [5.74, 6) is -2.19. The highest BCUT2D eigenvalue weighted by Crippen LogP contribution is 2.43. The Hall–Kier alpha value is -3.72. The monoisotopic (exact) mass is 486 g/mol. The smallest absolute Gasteiger partial charge is 0.383 e. The van der Waals surface area contributed by atoms with Gasteiger partial charge < -0.3 is 15.0 Å². The number of ether oxygens (including phenoxy) is 1. The number of halogens is 4. The van der Waals surface area contributed by atoms with Gasteiger partial charge in [-0.25, -0.2) is 4.39 Å². The number of rotatable bonds is 6. The Kier molecular flexibility index (Phi) is 6.88. The molecule has 1 aliphatic heterocycles. The van der Waals surface area contributed by atoms with E-state index in [2.05, 4.69) is 5.32 Å². The molecule has 0 spiro atoms. The van der Waals surface area contributed by atoms with Gasteiger partial charge in [-0.05, 0) is 53.6 Å². The molecule has 182 valence electrons. The van der Waals surface area contributed by atoms with E-state index in [1.165, 1.54) is 48.4 Å². The number of carbonyl (C=O) groups is 2. The Morgan fingerprint density at radius 3 is 2.29 bits per heavy atom. The molecular weight excluding hydrogens is 464 g/mol. The quantitative estimate of drug-likeness (QED) is 0.474. The summed E-state index contributed by atoms with van der Waals surface area (Å²) in [6.07, 6.45) is -4.50. The molecule has 1 N–H and O–H groups in total. The van der Waals surface area contributed by atoms with Crippen LogP contribution in [0.15, 0.2) is 72.8 Å². The summed E-state index contributed by atoms with van der Waals surface area (Å²) in [7, 11) is 1.49. The first-order valence-corrected chi connectivity index (χ1v) is 10.8. The van der Waals surface area contributed by atoms with Crippen molar-refractivity contribution in [2.24, 2.45) is 0 Å². The van der Waals surface area contributed by atoms with Gasteiger partial charge in [0.25, 0.3) is 5.91 Å². The molecule has 3 aromatic carbocycles. The fourth-order valence-corrected chi connectivity index (χ4v) is 4.30. The summed E-state index contributed by atoms with van der Waals surface area (Å²) in [4.78, 5) is 28.5. The summed E-state index contributed by atoms with van der Waals surface area (Å²) in [5.41, 5.74) is 0.704. The van der Waals surface area contributed by atoms with E-state index in [-0.39, 0.29) is 24.7 Å². The molecule has 9 heteroatoms. The Labute approximate surface area is 199 Å². The normalized spacial score (nSPS) is 17.7. The van der Waals surface area contributed by atoms with E-state index in [0.29, 0.717) is 16.7 Å². The SMILES string of the molecule is COCCN1C(=O)c2ccccc2[C@@H](C(=O)Nc2ccc(C(F)(F)F)cc2)[C@@H]1c1ccc(F)cc1. The van der Waals surface area contributed by atoms with Gasteiger partial charge in [0.15, 0.2) is 0 Å². The Bertz CT molecular complexity index is 1210. The van der Waals surface area contributed by atoms with E-state index in [1.54, 1.807) is 24.3 Å². The Morgan fingerprint density at radius 1 is 1.00 bits per heavy atom. The molecule has 0 aromatic heterocycles. The van der Waals surface area contributed by atoms with E-state index in [0.717, 1.165) is 12.1 Å². The Morgan fingerprint density at radius 2 is 1.66 bits per heavy atom. The van der Waals surface area contributed by atoms with E-state index in [9.17, 15) is 27.2 Å². The number of amides is 2. The predicted molar refractivity (Wildman–Crippen MR) is 121 cm³/mol. The van der Waals surface area contributed by atoms with Crippen LogP contribution in [0.25, 0.3) is 0 Å². The van der Waals surface area contributed by atoms with Gasteiger partial charge in [-0.15, -0.1) is 0 Å². The molecule has 2 amide bonds. The number of benzene rings is 3. The number of hydrogen-bond donors (Lipinski definition) is 1. The van der Waals surface area contributed by atoms with Crippen LogP contribution in [0.2, 0.25) is 0 Å². The molecule has 3 aromatic rings. The average Bonchev–Trinajstić information content (AvgIpc) is 2.83. The van der Waals surface area contributed by atoms with Gasteiger partial charge in [0.1, 0.15) is 5.82 Å². The Balaban J connectivity index is 1.77. The van der Waals surface area contributed by atoms with Crippen LogP contribution in [0.1, 0.15) is 39.0 Å². The van der Waals surface area contributed by atoms with Crippen LogP contribution >= 0.6 is 0 Å². The largest absolute Gasteiger partial charge is 0.416 e. The van der Waals surface area contributed by atoms with Gasteiger partial charge >= 0.3 is 6.18 Å². The van der Waals surface area contributed by atoms with Crippen LogP contribution in [-0.4, -0.2) is 37.0 Å². The van der Waals surface area contributed by atoms with Crippen molar-refractivity contribution in [3.05, 3.63) is 101 Å². The number of anilines is 1. The predicted octanol–water partition coefficient (Wildman–Crippen LogP) is 5.41. The van der Waals surface area contributed by atoms with Crippen LogP contribution < -0.4 is 5.32 Å². The molecule has 0 radical (unpaired) electrons. The molecule has 35 heavy (non-hydrogen) atoms. The molecular formula is C26H22F4N2O3. The van der Waals surface area contributed by atoms with Crippen molar-refractivity contribution >= 4 is 17.5 Å². The second kappa shape index (κ2) is 9.87. The van der Waals surface area contributed by atoms with Crippen molar-refractivity contribution in [1.82, 2.24) is 4.90 Å². The summed E-state index contributed by atoms with van der Waals surface area (Å²) in [6, 6.07) is 15.6. The number of hydrogen-bond acceptors (Lipinski definition) is 3.